The van der Waals surface area contributed by atoms with E-state index >= 15 is 0 Å². The van der Waals surface area contributed by atoms with Gasteiger partial charge in [0.15, 0.2) is 0 Å². The van der Waals surface area contributed by atoms with Gasteiger partial charge in [-0.3, -0.25) is 14.9 Å². The largest absolute Gasteiger partial charge is 0.444 e. The van der Waals surface area contributed by atoms with Crippen LogP contribution in [0.2, 0.25) is 0 Å². The molecule has 3 rings (SSSR count). The van der Waals surface area contributed by atoms with Crippen molar-refractivity contribution in [2.75, 3.05) is 44.2 Å². The minimum atomic E-state index is -0.536. The molecule has 0 spiro atoms. The van der Waals surface area contributed by atoms with Crippen molar-refractivity contribution < 1.29 is 19.2 Å². The molecule has 0 saturated carbocycles. The second-order valence-electron chi connectivity index (χ2n) is 8.80. The first-order valence-corrected chi connectivity index (χ1v) is 10.4. The zero-order chi connectivity index (χ0) is 21.9. The number of rotatable bonds is 3. The molecule has 0 aliphatic carbocycles. The lowest BCUT2D eigenvalue weighted by molar-refractivity contribution is -0.384. The number of hydrogen-bond donors (Lipinski definition) is 0. The van der Waals surface area contributed by atoms with Gasteiger partial charge in [0.25, 0.3) is 5.69 Å². The van der Waals surface area contributed by atoms with Crippen LogP contribution < -0.4 is 4.90 Å². The van der Waals surface area contributed by atoms with E-state index in [-0.39, 0.29) is 28.5 Å². The highest BCUT2D eigenvalue weighted by Gasteiger charge is 2.33. The molecule has 9 heteroatoms. The van der Waals surface area contributed by atoms with Crippen molar-refractivity contribution in [3.63, 3.8) is 0 Å². The molecular weight excluding hydrogens is 388 g/mol. The quantitative estimate of drug-likeness (QED) is 0.553. The molecule has 30 heavy (non-hydrogen) atoms. The van der Waals surface area contributed by atoms with E-state index in [0.29, 0.717) is 57.8 Å². The highest BCUT2D eigenvalue weighted by atomic mass is 16.6. The minimum Gasteiger partial charge on any atom is -0.444 e. The number of carbonyl (C=O) groups excluding carboxylic acids is 2. The number of nitro benzene ring substituents is 1. The first-order chi connectivity index (χ1) is 14.2. The second kappa shape index (κ2) is 8.89. The maximum atomic E-state index is 12.9. The number of amides is 2. The van der Waals surface area contributed by atoms with Crippen LogP contribution in [0.1, 0.15) is 33.6 Å². The summed E-state index contributed by atoms with van der Waals surface area (Å²) in [5.74, 6) is 0.0261. The molecule has 0 aromatic heterocycles. The minimum absolute atomic E-state index is 0.0860. The predicted molar refractivity (Wildman–Crippen MR) is 112 cm³/mol. The summed E-state index contributed by atoms with van der Waals surface area (Å²) in [6.45, 7) is 8.66. The number of hydrogen-bond acceptors (Lipinski definition) is 6. The molecule has 0 N–H and O–H groups in total. The second-order valence-corrected chi connectivity index (χ2v) is 8.80. The monoisotopic (exact) mass is 418 g/mol. The fraction of sp³-hybridized carbons (Fsp3) is 0.619. The Hall–Kier alpha value is -2.84. The molecule has 2 aliphatic rings. The van der Waals surface area contributed by atoms with Gasteiger partial charge in [0, 0.05) is 51.3 Å². The van der Waals surface area contributed by atoms with Crippen LogP contribution in [0.4, 0.5) is 16.2 Å². The highest BCUT2D eigenvalue weighted by molar-refractivity contribution is 5.80. The smallest absolute Gasteiger partial charge is 0.410 e. The molecule has 9 nitrogen and oxygen atoms in total. The lowest BCUT2D eigenvalue weighted by Gasteiger charge is -2.39. The SMILES string of the molecule is CC(C)(C)OC(=O)N1CCN(C(=O)C2CCN(c3ccccc3[N+](=O)[O-])CC2)CC1. The van der Waals surface area contributed by atoms with E-state index in [1.165, 1.54) is 6.07 Å². The standard InChI is InChI=1S/C21H30N4O5/c1-21(2,3)30-20(27)24-14-12-23(13-15-24)19(26)16-8-10-22(11-9-16)17-6-4-5-7-18(17)25(28)29/h4-7,16H,8-15H2,1-3H3. The van der Waals surface area contributed by atoms with Crippen LogP contribution >= 0.6 is 0 Å². The number of ether oxygens (including phenoxy) is 1. The van der Waals surface area contributed by atoms with Crippen LogP contribution in [0.3, 0.4) is 0 Å². The van der Waals surface area contributed by atoms with Gasteiger partial charge < -0.3 is 19.4 Å². The third kappa shape index (κ3) is 5.20. The molecule has 0 radical (unpaired) electrons. The highest BCUT2D eigenvalue weighted by Crippen LogP contribution is 2.31. The third-order valence-corrected chi connectivity index (χ3v) is 5.51. The zero-order valence-corrected chi connectivity index (χ0v) is 17.9. The maximum absolute atomic E-state index is 12.9. The van der Waals surface area contributed by atoms with Crippen LogP contribution in [-0.4, -0.2) is 71.6 Å². The molecule has 0 bridgehead atoms. The van der Waals surface area contributed by atoms with Crippen molar-refractivity contribution in [3.8, 4) is 0 Å². The lowest BCUT2D eigenvalue weighted by Crippen LogP contribution is -2.53. The Morgan fingerprint density at radius 3 is 2.13 bits per heavy atom. The molecule has 2 amide bonds. The fourth-order valence-electron chi connectivity index (χ4n) is 3.95. The average molecular weight is 418 g/mol. The van der Waals surface area contributed by atoms with Gasteiger partial charge in [-0.15, -0.1) is 0 Å². The molecule has 164 valence electrons. The topological polar surface area (TPSA) is 96.2 Å². The number of nitro groups is 1. The van der Waals surface area contributed by atoms with Gasteiger partial charge in [0.05, 0.1) is 4.92 Å². The van der Waals surface area contributed by atoms with Gasteiger partial charge in [-0.05, 0) is 39.7 Å². The summed E-state index contributed by atoms with van der Waals surface area (Å²) in [4.78, 5) is 41.5. The number of para-hydroxylation sites is 2. The van der Waals surface area contributed by atoms with E-state index in [1.807, 2.05) is 30.6 Å². The summed E-state index contributed by atoms with van der Waals surface area (Å²) in [7, 11) is 0. The summed E-state index contributed by atoms with van der Waals surface area (Å²) in [5.41, 5.74) is 0.172. The molecular formula is C21H30N4O5. The van der Waals surface area contributed by atoms with E-state index in [0.717, 1.165) is 0 Å². The molecule has 0 unspecified atom stereocenters. The van der Waals surface area contributed by atoms with Crippen molar-refractivity contribution in [3.05, 3.63) is 34.4 Å². The van der Waals surface area contributed by atoms with Crippen LogP contribution in [0.25, 0.3) is 0 Å². The molecule has 1 aromatic rings. The fourth-order valence-corrected chi connectivity index (χ4v) is 3.95. The molecule has 0 atom stereocenters. The number of benzene rings is 1. The number of piperidine rings is 1. The third-order valence-electron chi connectivity index (χ3n) is 5.51. The average Bonchev–Trinajstić information content (AvgIpc) is 2.72. The van der Waals surface area contributed by atoms with Crippen molar-refractivity contribution >= 4 is 23.4 Å². The summed E-state index contributed by atoms with van der Waals surface area (Å²) < 4.78 is 5.40. The summed E-state index contributed by atoms with van der Waals surface area (Å²) in [6.07, 6.45) is 0.987. The first kappa shape index (κ1) is 21.9. The van der Waals surface area contributed by atoms with Gasteiger partial charge in [0.2, 0.25) is 5.91 Å². The number of nitrogens with zero attached hydrogens (tertiary/aromatic N) is 4. The Labute approximate surface area is 176 Å². The Kier molecular flexibility index (Phi) is 6.48. The Balaban J connectivity index is 1.51. The van der Waals surface area contributed by atoms with E-state index in [2.05, 4.69) is 0 Å². The van der Waals surface area contributed by atoms with Gasteiger partial charge in [0.1, 0.15) is 11.3 Å². The van der Waals surface area contributed by atoms with E-state index in [1.54, 1.807) is 23.1 Å². The maximum Gasteiger partial charge on any atom is 0.410 e. The van der Waals surface area contributed by atoms with Crippen LogP contribution in [0.15, 0.2) is 24.3 Å². The summed E-state index contributed by atoms with van der Waals surface area (Å²) in [5, 5.41) is 11.3. The number of piperazine rings is 1. The van der Waals surface area contributed by atoms with Crippen molar-refractivity contribution in [2.24, 2.45) is 5.92 Å². The van der Waals surface area contributed by atoms with E-state index < -0.39 is 5.60 Å². The molecule has 2 aliphatic heterocycles. The van der Waals surface area contributed by atoms with Crippen LogP contribution in [0, 0.1) is 16.0 Å². The summed E-state index contributed by atoms with van der Waals surface area (Å²) >= 11 is 0. The summed E-state index contributed by atoms with van der Waals surface area (Å²) in [6, 6.07) is 6.73. The molecule has 2 heterocycles. The molecule has 2 fully saturated rings. The van der Waals surface area contributed by atoms with Gasteiger partial charge in [-0.25, -0.2) is 4.79 Å². The normalized spacial score (nSPS) is 18.3. The molecule has 2 saturated heterocycles. The molecule has 1 aromatic carbocycles. The van der Waals surface area contributed by atoms with Gasteiger partial charge >= 0.3 is 6.09 Å². The van der Waals surface area contributed by atoms with Gasteiger partial charge in [-0.2, -0.15) is 0 Å². The van der Waals surface area contributed by atoms with E-state index in [9.17, 15) is 19.7 Å². The zero-order valence-electron chi connectivity index (χ0n) is 17.9. The van der Waals surface area contributed by atoms with Crippen LogP contribution in [-0.2, 0) is 9.53 Å². The van der Waals surface area contributed by atoms with E-state index in [4.69, 9.17) is 4.74 Å². The lowest BCUT2D eigenvalue weighted by atomic mass is 9.94. The number of anilines is 1. The van der Waals surface area contributed by atoms with Crippen molar-refractivity contribution in [1.82, 2.24) is 9.80 Å². The Bertz CT molecular complexity index is 791. The Morgan fingerprint density at radius 2 is 1.57 bits per heavy atom. The van der Waals surface area contributed by atoms with Crippen LogP contribution in [0.5, 0.6) is 0 Å². The van der Waals surface area contributed by atoms with Crippen molar-refractivity contribution in [1.29, 1.82) is 0 Å². The van der Waals surface area contributed by atoms with Gasteiger partial charge in [-0.1, -0.05) is 12.1 Å². The number of carbonyl (C=O) groups is 2. The first-order valence-electron chi connectivity index (χ1n) is 10.4. The Morgan fingerprint density at radius 1 is 1.00 bits per heavy atom. The predicted octanol–water partition coefficient (Wildman–Crippen LogP) is 2.89. The van der Waals surface area contributed by atoms with Crippen molar-refractivity contribution in [2.45, 2.75) is 39.2 Å².